The third kappa shape index (κ3) is 4.62. The Balaban J connectivity index is 1.35. The van der Waals surface area contributed by atoms with Crippen molar-refractivity contribution in [3.05, 3.63) is 102 Å². The highest BCUT2D eigenvalue weighted by molar-refractivity contribution is 5.95. The van der Waals surface area contributed by atoms with Crippen LogP contribution in [-0.2, 0) is 6.42 Å². The molecule has 6 nitrogen and oxygen atoms in total. The molecule has 0 unspecified atom stereocenters. The van der Waals surface area contributed by atoms with E-state index < -0.39 is 0 Å². The molecule has 34 heavy (non-hydrogen) atoms. The summed E-state index contributed by atoms with van der Waals surface area (Å²) in [6.07, 6.45) is 4.70. The summed E-state index contributed by atoms with van der Waals surface area (Å²) in [7, 11) is 1.59. The average Bonchev–Trinajstić information content (AvgIpc) is 2.89. The number of benzene rings is 3. The first-order chi connectivity index (χ1) is 16.7. The summed E-state index contributed by atoms with van der Waals surface area (Å²) in [6.45, 7) is 0. The van der Waals surface area contributed by atoms with Crippen molar-refractivity contribution in [2.75, 3.05) is 7.11 Å². The van der Waals surface area contributed by atoms with Crippen LogP contribution in [0.3, 0.4) is 0 Å². The van der Waals surface area contributed by atoms with Crippen molar-refractivity contribution in [2.24, 2.45) is 0 Å². The number of nitrogens with one attached hydrogen (secondary N) is 1. The summed E-state index contributed by atoms with van der Waals surface area (Å²) in [5.41, 5.74) is 3.83. The van der Waals surface area contributed by atoms with Crippen LogP contribution in [0.15, 0.2) is 85.1 Å². The van der Waals surface area contributed by atoms with Crippen LogP contribution in [-0.4, -0.2) is 23.0 Å². The zero-order chi connectivity index (χ0) is 23.3. The summed E-state index contributed by atoms with van der Waals surface area (Å²) in [5.74, 6) is 1.94. The second-order valence-electron chi connectivity index (χ2n) is 8.17. The number of carbonyl (C=O) groups excluding carboxylic acids is 1. The minimum absolute atomic E-state index is 0.0231. The number of carbonyl (C=O) groups is 1. The molecule has 3 aromatic carbocycles. The second kappa shape index (κ2) is 9.75. The van der Waals surface area contributed by atoms with Gasteiger partial charge in [-0.3, -0.25) is 4.79 Å². The standard InChI is InChI=1S/C28H25N3O3/c1-33-24-14-4-5-15-25(24)34-26-16-17-29-27(31-26)20-10-6-11-21(18-20)28(32)30-23-13-7-9-19-8-2-3-12-22(19)23/h2-6,8,10-12,14-18,23H,7,9,13H2,1H3,(H,30,32)/t23-/m1/s1. The smallest absolute Gasteiger partial charge is 0.251 e. The van der Waals surface area contributed by atoms with Gasteiger partial charge in [-0.1, -0.05) is 48.5 Å². The van der Waals surface area contributed by atoms with Gasteiger partial charge in [0.25, 0.3) is 5.91 Å². The van der Waals surface area contributed by atoms with E-state index in [1.54, 1.807) is 19.4 Å². The quantitative estimate of drug-likeness (QED) is 0.404. The SMILES string of the molecule is COc1ccccc1Oc1ccnc(-c2cccc(C(=O)N[C@@H]3CCCc4ccccc43)c2)n1. The first-order valence-corrected chi connectivity index (χ1v) is 11.3. The molecular weight excluding hydrogens is 426 g/mol. The van der Waals surface area contributed by atoms with Crippen LogP contribution in [0.25, 0.3) is 11.4 Å². The predicted molar refractivity (Wildman–Crippen MR) is 130 cm³/mol. The molecule has 0 saturated carbocycles. The molecule has 0 saturated heterocycles. The van der Waals surface area contributed by atoms with E-state index in [9.17, 15) is 4.79 Å². The number of methoxy groups -OCH3 is 1. The maximum absolute atomic E-state index is 13.1. The first-order valence-electron chi connectivity index (χ1n) is 11.3. The molecule has 5 rings (SSSR count). The fraction of sp³-hybridized carbons (Fsp3) is 0.179. The van der Waals surface area contributed by atoms with Crippen molar-refractivity contribution < 1.29 is 14.3 Å². The van der Waals surface area contributed by atoms with Crippen LogP contribution >= 0.6 is 0 Å². The monoisotopic (exact) mass is 451 g/mol. The highest BCUT2D eigenvalue weighted by Crippen LogP contribution is 2.31. The number of aryl methyl sites for hydroxylation is 1. The van der Waals surface area contributed by atoms with Gasteiger partial charge >= 0.3 is 0 Å². The number of ether oxygens (including phenoxy) is 2. The third-order valence-electron chi connectivity index (χ3n) is 5.97. The van der Waals surface area contributed by atoms with E-state index in [1.807, 2.05) is 54.6 Å². The Morgan fingerprint density at radius 2 is 1.79 bits per heavy atom. The van der Waals surface area contributed by atoms with Gasteiger partial charge in [-0.2, -0.15) is 4.98 Å². The van der Waals surface area contributed by atoms with E-state index in [1.165, 1.54) is 11.1 Å². The number of hydrogen-bond acceptors (Lipinski definition) is 5. The number of nitrogens with zero attached hydrogens (tertiary/aromatic N) is 2. The fourth-order valence-corrected chi connectivity index (χ4v) is 4.30. The molecule has 1 heterocycles. The van der Waals surface area contributed by atoms with E-state index in [0.717, 1.165) is 24.8 Å². The van der Waals surface area contributed by atoms with Gasteiger partial charge in [0.05, 0.1) is 13.2 Å². The Bertz CT molecular complexity index is 1320. The van der Waals surface area contributed by atoms with Crippen LogP contribution in [0.5, 0.6) is 17.4 Å². The number of hydrogen-bond donors (Lipinski definition) is 1. The molecule has 1 aliphatic carbocycles. The Hall–Kier alpha value is -4.19. The Morgan fingerprint density at radius 3 is 2.68 bits per heavy atom. The molecule has 6 heteroatoms. The van der Waals surface area contributed by atoms with Gasteiger partial charge in [-0.25, -0.2) is 4.98 Å². The van der Waals surface area contributed by atoms with E-state index in [0.29, 0.717) is 28.8 Å². The number of amides is 1. The minimum atomic E-state index is -0.107. The second-order valence-corrected chi connectivity index (χ2v) is 8.17. The van der Waals surface area contributed by atoms with Crippen molar-refractivity contribution in [3.63, 3.8) is 0 Å². The highest BCUT2D eigenvalue weighted by Gasteiger charge is 2.22. The lowest BCUT2D eigenvalue weighted by Gasteiger charge is -2.26. The summed E-state index contributed by atoms with van der Waals surface area (Å²) in [5, 5.41) is 3.21. The summed E-state index contributed by atoms with van der Waals surface area (Å²) < 4.78 is 11.3. The zero-order valence-electron chi connectivity index (χ0n) is 18.9. The molecule has 0 bridgehead atoms. The predicted octanol–water partition coefficient (Wildman–Crippen LogP) is 5.75. The molecule has 1 amide bonds. The van der Waals surface area contributed by atoms with Gasteiger partial charge < -0.3 is 14.8 Å². The highest BCUT2D eigenvalue weighted by atomic mass is 16.5. The van der Waals surface area contributed by atoms with Gasteiger partial charge in [0.2, 0.25) is 5.88 Å². The van der Waals surface area contributed by atoms with E-state index in [4.69, 9.17) is 9.47 Å². The first kappa shape index (κ1) is 21.6. The van der Waals surface area contributed by atoms with Crippen molar-refractivity contribution in [1.82, 2.24) is 15.3 Å². The lowest BCUT2D eigenvalue weighted by Crippen LogP contribution is -2.30. The summed E-state index contributed by atoms with van der Waals surface area (Å²) in [4.78, 5) is 22.0. The van der Waals surface area contributed by atoms with Crippen LogP contribution in [0, 0.1) is 0 Å². The minimum Gasteiger partial charge on any atom is -0.493 e. The lowest BCUT2D eigenvalue weighted by molar-refractivity contribution is 0.0933. The van der Waals surface area contributed by atoms with Gasteiger partial charge in [0, 0.05) is 23.4 Å². The Morgan fingerprint density at radius 1 is 0.971 bits per heavy atom. The van der Waals surface area contributed by atoms with Gasteiger partial charge in [-0.05, 0) is 54.7 Å². The molecule has 1 atom stereocenters. The summed E-state index contributed by atoms with van der Waals surface area (Å²) in [6, 6.07) is 24.8. The van der Waals surface area contributed by atoms with Crippen LogP contribution in [0.2, 0.25) is 0 Å². The zero-order valence-corrected chi connectivity index (χ0v) is 18.9. The van der Waals surface area contributed by atoms with E-state index >= 15 is 0 Å². The molecule has 0 spiro atoms. The largest absolute Gasteiger partial charge is 0.493 e. The normalized spacial score (nSPS) is 14.7. The number of para-hydroxylation sites is 2. The van der Waals surface area contributed by atoms with Crippen molar-refractivity contribution in [2.45, 2.75) is 25.3 Å². The molecule has 170 valence electrons. The lowest BCUT2D eigenvalue weighted by atomic mass is 9.87. The molecule has 0 aliphatic heterocycles. The van der Waals surface area contributed by atoms with Crippen molar-refractivity contribution in [1.29, 1.82) is 0 Å². The maximum Gasteiger partial charge on any atom is 0.251 e. The van der Waals surface area contributed by atoms with Gasteiger partial charge in [-0.15, -0.1) is 0 Å². The molecule has 4 aromatic rings. The topological polar surface area (TPSA) is 73.3 Å². The van der Waals surface area contributed by atoms with Crippen molar-refractivity contribution in [3.8, 4) is 28.8 Å². The van der Waals surface area contributed by atoms with Crippen LogP contribution in [0.1, 0.15) is 40.4 Å². The van der Waals surface area contributed by atoms with Crippen molar-refractivity contribution >= 4 is 5.91 Å². The number of aromatic nitrogens is 2. The van der Waals surface area contributed by atoms with Gasteiger partial charge in [0.1, 0.15) is 0 Å². The maximum atomic E-state index is 13.1. The average molecular weight is 452 g/mol. The van der Waals surface area contributed by atoms with Crippen LogP contribution in [0.4, 0.5) is 0 Å². The molecular formula is C28H25N3O3. The number of rotatable bonds is 6. The Kier molecular flexibility index (Phi) is 6.21. The van der Waals surface area contributed by atoms with E-state index in [-0.39, 0.29) is 11.9 Å². The van der Waals surface area contributed by atoms with E-state index in [2.05, 4.69) is 33.5 Å². The molecule has 1 N–H and O–H groups in total. The molecule has 1 aliphatic rings. The fourth-order valence-electron chi connectivity index (χ4n) is 4.30. The van der Waals surface area contributed by atoms with Gasteiger partial charge in [0.15, 0.2) is 17.3 Å². The molecule has 1 aromatic heterocycles. The third-order valence-corrected chi connectivity index (χ3v) is 5.97. The molecule has 0 radical (unpaired) electrons. The van der Waals surface area contributed by atoms with Crippen LogP contribution < -0.4 is 14.8 Å². The molecule has 0 fully saturated rings. The number of fused-ring (bicyclic) bond motifs is 1. The summed E-state index contributed by atoms with van der Waals surface area (Å²) >= 11 is 0. The Labute approximate surface area is 198 Å².